The minimum absolute atomic E-state index is 0. The van der Waals surface area contributed by atoms with Gasteiger partial charge in [0.15, 0.2) is 11.7 Å². The quantitative estimate of drug-likeness (QED) is 0.241. The molecule has 3 rings (SSSR count). The molecule has 0 spiro atoms. The summed E-state index contributed by atoms with van der Waals surface area (Å²) in [4.78, 5) is 4.24. The average molecular weight is 467 g/mol. The molecule has 0 unspecified atom stereocenters. The highest BCUT2D eigenvalue weighted by Crippen LogP contribution is 2.15. The molecule has 140 valence electrons. The highest BCUT2D eigenvalue weighted by Gasteiger charge is 2.04. The predicted octanol–water partition coefficient (Wildman–Crippen LogP) is 3.57. The van der Waals surface area contributed by atoms with Crippen molar-refractivity contribution in [2.45, 2.75) is 32.9 Å². The van der Waals surface area contributed by atoms with Crippen molar-refractivity contribution < 1.29 is 4.52 Å². The van der Waals surface area contributed by atoms with Crippen molar-refractivity contribution in [1.82, 2.24) is 20.4 Å². The number of aryl methyl sites for hydroxylation is 2. The van der Waals surface area contributed by atoms with Gasteiger partial charge in [-0.2, -0.15) is 0 Å². The molecule has 0 fully saturated rings. The van der Waals surface area contributed by atoms with E-state index in [1.165, 1.54) is 10.9 Å². The largest absolute Gasteiger partial charge is 0.359 e. The zero-order chi connectivity index (χ0) is 17.5. The Kier molecular flexibility index (Phi) is 7.96. The van der Waals surface area contributed by atoms with E-state index >= 15 is 0 Å². The van der Waals surface area contributed by atoms with Crippen molar-refractivity contribution in [3.8, 4) is 0 Å². The number of halogens is 1. The molecule has 0 aliphatic rings. The SMILES string of the molecule is CCc1cc(CNC(=NC)NCCCn2ccc3ccccc32)on1.I. The maximum atomic E-state index is 5.27. The van der Waals surface area contributed by atoms with Gasteiger partial charge in [-0.05, 0) is 30.4 Å². The Bertz CT molecular complexity index is 839. The van der Waals surface area contributed by atoms with Crippen LogP contribution in [0.25, 0.3) is 10.9 Å². The number of aliphatic imine (C=N–C) groups is 1. The van der Waals surface area contributed by atoms with Crippen LogP contribution in [0, 0.1) is 0 Å². The Hall–Kier alpha value is -2.03. The van der Waals surface area contributed by atoms with E-state index in [1.54, 1.807) is 7.05 Å². The van der Waals surface area contributed by atoms with Crippen LogP contribution in [0.4, 0.5) is 0 Å². The molecule has 0 bridgehead atoms. The lowest BCUT2D eigenvalue weighted by Gasteiger charge is -2.11. The molecule has 3 aromatic rings. The summed E-state index contributed by atoms with van der Waals surface area (Å²) in [6.45, 7) is 4.46. The lowest BCUT2D eigenvalue weighted by molar-refractivity contribution is 0.374. The zero-order valence-corrected chi connectivity index (χ0v) is 17.6. The van der Waals surface area contributed by atoms with Crippen LogP contribution in [0.15, 0.2) is 52.1 Å². The van der Waals surface area contributed by atoms with E-state index < -0.39 is 0 Å². The summed E-state index contributed by atoms with van der Waals surface area (Å²) in [5.41, 5.74) is 2.25. The topological polar surface area (TPSA) is 67.4 Å². The van der Waals surface area contributed by atoms with E-state index in [1.807, 2.05) is 6.07 Å². The molecule has 0 saturated heterocycles. The van der Waals surface area contributed by atoms with Crippen LogP contribution in [-0.4, -0.2) is 29.3 Å². The second kappa shape index (κ2) is 10.2. The van der Waals surface area contributed by atoms with Gasteiger partial charge >= 0.3 is 0 Å². The van der Waals surface area contributed by atoms with Gasteiger partial charge in [0.1, 0.15) is 0 Å². The van der Waals surface area contributed by atoms with Crippen LogP contribution in [-0.2, 0) is 19.5 Å². The second-order valence-electron chi connectivity index (χ2n) is 5.91. The van der Waals surface area contributed by atoms with Gasteiger partial charge in [-0.3, -0.25) is 4.99 Å². The van der Waals surface area contributed by atoms with E-state index in [0.29, 0.717) is 6.54 Å². The summed E-state index contributed by atoms with van der Waals surface area (Å²) in [5.74, 6) is 1.59. The van der Waals surface area contributed by atoms with Crippen molar-refractivity contribution in [2.75, 3.05) is 13.6 Å². The van der Waals surface area contributed by atoms with Gasteiger partial charge in [0, 0.05) is 37.9 Å². The maximum absolute atomic E-state index is 5.27. The first-order valence-electron chi connectivity index (χ1n) is 8.73. The third-order valence-electron chi connectivity index (χ3n) is 4.17. The minimum Gasteiger partial charge on any atom is -0.359 e. The number of benzene rings is 1. The Balaban J connectivity index is 0.00000243. The molecule has 2 heterocycles. The normalized spacial score (nSPS) is 11.4. The lowest BCUT2D eigenvalue weighted by Crippen LogP contribution is -2.37. The molecule has 0 atom stereocenters. The molecule has 0 saturated carbocycles. The first kappa shape index (κ1) is 20.3. The summed E-state index contributed by atoms with van der Waals surface area (Å²) in [7, 11) is 1.77. The van der Waals surface area contributed by atoms with Gasteiger partial charge in [-0.25, -0.2) is 0 Å². The van der Waals surface area contributed by atoms with E-state index in [9.17, 15) is 0 Å². The fourth-order valence-corrected chi connectivity index (χ4v) is 2.79. The molecule has 0 radical (unpaired) electrons. The molecule has 6 nitrogen and oxygen atoms in total. The number of nitrogens with one attached hydrogen (secondary N) is 2. The van der Waals surface area contributed by atoms with Crippen LogP contribution in [0.3, 0.4) is 0 Å². The molecule has 2 N–H and O–H groups in total. The number of para-hydroxylation sites is 1. The van der Waals surface area contributed by atoms with Crippen molar-refractivity contribution in [3.63, 3.8) is 0 Å². The molecule has 26 heavy (non-hydrogen) atoms. The van der Waals surface area contributed by atoms with Crippen molar-refractivity contribution in [1.29, 1.82) is 0 Å². The molecule has 0 aliphatic carbocycles. The van der Waals surface area contributed by atoms with Crippen molar-refractivity contribution in [3.05, 3.63) is 54.0 Å². The van der Waals surface area contributed by atoms with E-state index in [-0.39, 0.29) is 24.0 Å². The minimum atomic E-state index is 0. The number of aromatic nitrogens is 2. The van der Waals surface area contributed by atoms with Gasteiger partial charge in [-0.15, -0.1) is 24.0 Å². The average Bonchev–Trinajstić information content (AvgIpc) is 3.28. The molecule has 1 aromatic carbocycles. The summed E-state index contributed by atoms with van der Waals surface area (Å²) in [6, 6.07) is 12.6. The highest BCUT2D eigenvalue weighted by molar-refractivity contribution is 14.0. The van der Waals surface area contributed by atoms with Crippen LogP contribution in [0.1, 0.15) is 24.8 Å². The monoisotopic (exact) mass is 467 g/mol. The van der Waals surface area contributed by atoms with Crippen LogP contribution < -0.4 is 10.6 Å². The fraction of sp³-hybridized carbons (Fsp3) is 0.368. The molecule has 2 aromatic heterocycles. The highest BCUT2D eigenvalue weighted by atomic mass is 127. The van der Waals surface area contributed by atoms with Gasteiger partial charge < -0.3 is 19.7 Å². The molecule has 0 amide bonds. The van der Waals surface area contributed by atoms with E-state index in [2.05, 4.69) is 68.8 Å². The van der Waals surface area contributed by atoms with Gasteiger partial charge in [0.25, 0.3) is 0 Å². The summed E-state index contributed by atoms with van der Waals surface area (Å²) in [6.07, 6.45) is 4.04. The van der Waals surface area contributed by atoms with Crippen LogP contribution >= 0.6 is 24.0 Å². The van der Waals surface area contributed by atoms with Crippen molar-refractivity contribution >= 4 is 40.8 Å². The Morgan fingerprint density at radius 2 is 2.08 bits per heavy atom. The van der Waals surface area contributed by atoms with Crippen LogP contribution in [0.5, 0.6) is 0 Å². The third kappa shape index (κ3) is 5.23. The molecular formula is C19H26IN5O. The van der Waals surface area contributed by atoms with Gasteiger partial charge in [0.05, 0.1) is 12.2 Å². The van der Waals surface area contributed by atoms with E-state index in [0.717, 1.165) is 43.3 Å². The van der Waals surface area contributed by atoms with Gasteiger partial charge in [-0.1, -0.05) is 30.3 Å². The van der Waals surface area contributed by atoms with Crippen molar-refractivity contribution in [2.24, 2.45) is 4.99 Å². The molecule has 0 aliphatic heterocycles. The number of hydrogen-bond acceptors (Lipinski definition) is 3. The summed E-state index contributed by atoms with van der Waals surface area (Å²) < 4.78 is 7.55. The number of hydrogen-bond donors (Lipinski definition) is 2. The third-order valence-corrected chi connectivity index (χ3v) is 4.17. The first-order chi connectivity index (χ1) is 12.3. The van der Waals surface area contributed by atoms with Gasteiger partial charge in [0.2, 0.25) is 0 Å². The first-order valence-corrected chi connectivity index (χ1v) is 8.73. The number of nitrogens with zero attached hydrogens (tertiary/aromatic N) is 3. The van der Waals surface area contributed by atoms with Crippen LogP contribution in [0.2, 0.25) is 0 Å². The second-order valence-corrected chi connectivity index (χ2v) is 5.91. The zero-order valence-electron chi connectivity index (χ0n) is 15.2. The molecule has 7 heteroatoms. The number of guanidine groups is 1. The molecular weight excluding hydrogens is 441 g/mol. The van der Waals surface area contributed by atoms with E-state index in [4.69, 9.17) is 4.52 Å². The maximum Gasteiger partial charge on any atom is 0.191 e. The lowest BCUT2D eigenvalue weighted by atomic mass is 10.2. The fourth-order valence-electron chi connectivity index (χ4n) is 2.79. The Labute approximate surface area is 171 Å². The number of rotatable bonds is 7. The Morgan fingerprint density at radius 3 is 2.85 bits per heavy atom. The summed E-state index contributed by atoms with van der Waals surface area (Å²) >= 11 is 0. The number of fused-ring (bicyclic) bond motifs is 1. The Morgan fingerprint density at radius 1 is 1.23 bits per heavy atom. The standard InChI is InChI=1S/C19H25N5O.HI/c1-3-16-13-17(25-23-16)14-22-19(20-2)21-10-6-11-24-12-9-15-7-4-5-8-18(15)24;/h4-5,7-9,12-13H,3,6,10-11,14H2,1-2H3,(H2,20,21,22);1H. The summed E-state index contributed by atoms with van der Waals surface area (Å²) in [5, 5.41) is 11.9. The smallest absolute Gasteiger partial charge is 0.191 e. The predicted molar refractivity (Wildman–Crippen MR) is 116 cm³/mol.